The van der Waals surface area contributed by atoms with Gasteiger partial charge in [-0.15, -0.1) is 23.2 Å². The number of hydrogen-bond acceptors (Lipinski definition) is 4. The topological polar surface area (TPSA) is 52.6 Å². The van der Waals surface area contributed by atoms with E-state index in [1.54, 1.807) is 0 Å². The van der Waals surface area contributed by atoms with E-state index in [1.165, 1.54) is 32.1 Å². The minimum atomic E-state index is -0.716. The van der Waals surface area contributed by atoms with E-state index in [2.05, 4.69) is 6.92 Å². The SMILES string of the molecule is CCCCCCCCC(C)OC(=O)CCCC(=O)OCC(Cl)Cl. The summed E-state index contributed by atoms with van der Waals surface area (Å²) in [6.07, 6.45) is 9.00. The summed E-state index contributed by atoms with van der Waals surface area (Å²) >= 11 is 10.9. The van der Waals surface area contributed by atoms with Gasteiger partial charge in [0.15, 0.2) is 0 Å². The Hall–Kier alpha value is -0.480. The Kier molecular flexibility index (Phi) is 14.8. The predicted molar refractivity (Wildman–Crippen MR) is 93.9 cm³/mol. The van der Waals surface area contributed by atoms with Crippen LogP contribution in [-0.4, -0.2) is 29.5 Å². The molecule has 0 heterocycles. The number of carbonyl (C=O) groups excluding carboxylic acids is 2. The van der Waals surface area contributed by atoms with E-state index in [4.69, 9.17) is 32.7 Å². The van der Waals surface area contributed by atoms with Gasteiger partial charge in [-0.25, -0.2) is 0 Å². The molecule has 0 rings (SSSR count). The quantitative estimate of drug-likeness (QED) is 0.240. The van der Waals surface area contributed by atoms with Crippen LogP contribution in [0.2, 0.25) is 0 Å². The second kappa shape index (κ2) is 15.1. The highest BCUT2D eigenvalue weighted by molar-refractivity contribution is 6.44. The minimum absolute atomic E-state index is 0.0261. The molecule has 0 aliphatic heterocycles. The molecule has 0 saturated carbocycles. The van der Waals surface area contributed by atoms with Crippen molar-refractivity contribution in [1.82, 2.24) is 0 Å². The first kappa shape index (κ1) is 22.5. The summed E-state index contributed by atoms with van der Waals surface area (Å²) in [7, 11) is 0. The van der Waals surface area contributed by atoms with E-state index in [9.17, 15) is 9.59 Å². The van der Waals surface area contributed by atoms with E-state index in [-0.39, 0.29) is 31.5 Å². The van der Waals surface area contributed by atoms with Crippen LogP contribution in [0.15, 0.2) is 0 Å². The minimum Gasteiger partial charge on any atom is -0.463 e. The third-order valence-corrected chi connectivity index (χ3v) is 3.68. The average molecular weight is 369 g/mol. The molecular formula is C17H30Cl2O4. The Bertz CT molecular complexity index is 322. The molecule has 0 aliphatic rings. The van der Waals surface area contributed by atoms with Gasteiger partial charge >= 0.3 is 11.9 Å². The van der Waals surface area contributed by atoms with Gasteiger partial charge < -0.3 is 9.47 Å². The van der Waals surface area contributed by atoms with Gasteiger partial charge in [-0.2, -0.15) is 0 Å². The summed E-state index contributed by atoms with van der Waals surface area (Å²) in [6.45, 7) is 4.09. The van der Waals surface area contributed by atoms with Crippen molar-refractivity contribution in [2.45, 2.75) is 89.0 Å². The third-order valence-electron chi connectivity index (χ3n) is 3.43. The Morgan fingerprint density at radius 1 is 0.913 bits per heavy atom. The Morgan fingerprint density at radius 2 is 1.52 bits per heavy atom. The van der Waals surface area contributed by atoms with Gasteiger partial charge in [-0.3, -0.25) is 9.59 Å². The lowest BCUT2D eigenvalue weighted by Gasteiger charge is -2.13. The number of unbranched alkanes of at least 4 members (excludes halogenated alkanes) is 5. The molecule has 0 fully saturated rings. The highest BCUT2D eigenvalue weighted by Gasteiger charge is 2.11. The van der Waals surface area contributed by atoms with Gasteiger partial charge in [0.1, 0.15) is 11.4 Å². The highest BCUT2D eigenvalue weighted by atomic mass is 35.5. The van der Waals surface area contributed by atoms with E-state index < -0.39 is 10.8 Å². The van der Waals surface area contributed by atoms with Crippen LogP contribution in [0.5, 0.6) is 0 Å². The van der Waals surface area contributed by atoms with Crippen molar-refractivity contribution in [3.8, 4) is 0 Å². The van der Waals surface area contributed by atoms with Gasteiger partial charge in [0.05, 0.1) is 6.10 Å². The van der Waals surface area contributed by atoms with Crippen molar-refractivity contribution in [3.63, 3.8) is 0 Å². The summed E-state index contributed by atoms with van der Waals surface area (Å²) in [5.41, 5.74) is 0. The molecule has 0 N–H and O–H groups in total. The number of esters is 2. The molecule has 0 aromatic heterocycles. The molecule has 6 heteroatoms. The molecule has 0 radical (unpaired) electrons. The van der Waals surface area contributed by atoms with E-state index >= 15 is 0 Å². The maximum Gasteiger partial charge on any atom is 0.306 e. The maximum absolute atomic E-state index is 11.7. The van der Waals surface area contributed by atoms with Crippen molar-refractivity contribution < 1.29 is 19.1 Å². The second-order valence-corrected chi connectivity index (χ2v) is 7.06. The third kappa shape index (κ3) is 16.2. The van der Waals surface area contributed by atoms with Crippen molar-refractivity contribution >= 4 is 35.1 Å². The summed E-state index contributed by atoms with van der Waals surface area (Å²) in [5.74, 6) is -0.659. The zero-order valence-electron chi connectivity index (χ0n) is 14.3. The molecule has 23 heavy (non-hydrogen) atoms. The molecule has 0 spiro atoms. The van der Waals surface area contributed by atoms with E-state index in [0.717, 1.165) is 12.8 Å². The number of rotatable bonds is 14. The molecule has 4 nitrogen and oxygen atoms in total. The maximum atomic E-state index is 11.7. The van der Waals surface area contributed by atoms with E-state index in [0.29, 0.717) is 6.42 Å². The standard InChI is InChI=1S/C17H30Cl2O4/c1-3-4-5-6-7-8-10-14(2)23-17(21)12-9-11-16(20)22-13-15(18)19/h14-15H,3-13H2,1-2H3. The van der Waals surface area contributed by atoms with Crippen LogP contribution < -0.4 is 0 Å². The molecule has 0 amide bonds. The van der Waals surface area contributed by atoms with Crippen LogP contribution in [-0.2, 0) is 19.1 Å². The second-order valence-electron chi connectivity index (χ2n) is 5.78. The monoisotopic (exact) mass is 368 g/mol. The van der Waals surface area contributed by atoms with Gasteiger partial charge in [0.25, 0.3) is 0 Å². The van der Waals surface area contributed by atoms with Crippen molar-refractivity contribution in [1.29, 1.82) is 0 Å². The molecule has 0 aromatic rings. The summed E-state index contributed by atoms with van der Waals surface area (Å²) in [5, 5.41) is 0. The molecule has 1 atom stereocenters. The Balaban J connectivity index is 3.55. The molecule has 0 aliphatic carbocycles. The number of carbonyl (C=O) groups is 2. The lowest BCUT2D eigenvalue weighted by molar-refractivity contribution is -0.149. The zero-order valence-corrected chi connectivity index (χ0v) is 15.8. The largest absolute Gasteiger partial charge is 0.463 e. The normalized spacial score (nSPS) is 12.2. The Morgan fingerprint density at radius 3 is 2.17 bits per heavy atom. The summed E-state index contributed by atoms with van der Waals surface area (Å²) in [4.78, 5) is 22.3. The van der Waals surface area contributed by atoms with Crippen molar-refractivity contribution in [2.24, 2.45) is 0 Å². The first-order chi connectivity index (χ1) is 11.0. The van der Waals surface area contributed by atoms with E-state index in [1.807, 2.05) is 6.92 Å². The van der Waals surface area contributed by atoms with Crippen LogP contribution in [0.4, 0.5) is 0 Å². The average Bonchev–Trinajstić information content (AvgIpc) is 2.48. The molecular weight excluding hydrogens is 339 g/mol. The highest BCUT2D eigenvalue weighted by Crippen LogP contribution is 2.11. The van der Waals surface area contributed by atoms with Gasteiger partial charge in [0, 0.05) is 12.8 Å². The van der Waals surface area contributed by atoms with Crippen molar-refractivity contribution in [2.75, 3.05) is 6.61 Å². The molecule has 0 saturated heterocycles. The summed E-state index contributed by atoms with van der Waals surface area (Å²) < 4.78 is 10.1. The fourth-order valence-electron chi connectivity index (χ4n) is 2.16. The molecule has 1 unspecified atom stereocenters. The van der Waals surface area contributed by atoms with Gasteiger partial charge in [0.2, 0.25) is 0 Å². The van der Waals surface area contributed by atoms with Crippen LogP contribution >= 0.6 is 23.2 Å². The smallest absolute Gasteiger partial charge is 0.306 e. The van der Waals surface area contributed by atoms with Crippen LogP contribution in [0.3, 0.4) is 0 Å². The fraction of sp³-hybridized carbons (Fsp3) is 0.882. The number of alkyl halides is 2. The lowest BCUT2D eigenvalue weighted by Crippen LogP contribution is -2.15. The van der Waals surface area contributed by atoms with Gasteiger partial charge in [-0.1, -0.05) is 39.0 Å². The van der Waals surface area contributed by atoms with Crippen molar-refractivity contribution in [3.05, 3.63) is 0 Å². The lowest BCUT2D eigenvalue weighted by atomic mass is 10.1. The molecule has 0 aromatic carbocycles. The molecule has 136 valence electrons. The van der Waals surface area contributed by atoms with Crippen LogP contribution in [0.1, 0.15) is 78.1 Å². The fourth-order valence-corrected chi connectivity index (χ4v) is 2.29. The Labute approximate surface area is 150 Å². The number of halogens is 2. The van der Waals surface area contributed by atoms with Crippen LogP contribution in [0.25, 0.3) is 0 Å². The first-order valence-electron chi connectivity index (χ1n) is 8.59. The summed E-state index contributed by atoms with van der Waals surface area (Å²) in [6, 6.07) is 0. The number of ether oxygens (including phenoxy) is 2. The number of hydrogen-bond donors (Lipinski definition) is 0. The van der Waals surface area contributed by atoms with Gasteiger partial charge in [-0.05, 0) is 26.2 Å². The predicted octanol–water partition coefficient (Wildman–Crippen LogP) is 5.19. The zero-order chi connectivity index (χ0) is 17.5. The first-order valence-corrected chi connectivity index (χ1v) is 9.46. The molecule has 0 bridgehead atoms. The van der Waals surface area contributed by atoms with Crippen LogP contribution in [0, 0.1) is 0 Å².